The van der Waals surface area contributed by atoms with Gasteiger partial charge in [0.2, 0.25) is 11.8 Å². The van der Waals surface area contributed by atoms with Crippen LogP contribution in [0.5, 0.6) is 5.75 Å². The fraction of sp³-hybridized carbons (Fsp3) is 0.515. The summed E-state index contributed by atoms with van der Waals surface area (Å²) in [7, 11) is 0. The van der Waals surface area contributed by atoms with Crippen molar-refractivity contribution in [2.24, 2.45) is 0 Å². The van der Waals surface area contributed by atoms with Gasteiger partial charge in [-0.1, -0.05) is 49.7 Å². The third kappa shape index (κ3) is 10.3. The van der Waals surface area contributed by atoms with Crippen LogP contribution in [0.3, 0.4) is 0 Å². The van der Waals surface area contributed by atoms with Crippen molar-refractivity contribution in [2.45, 2.75) is 69.8 Å². The van der Waals surface area contributed by atoms with Gasteiger partial charge in [-0.25, -0.2) is 4.39 Å². The van der Waals surface area contributed by atoms with Gasteiger partial charge >= 0.3 is 6.36 Å². The molecule has 2 amide bonds. The van der Waals surface area contributed by atoms with Crippen molar-refractivity contribution in [3.63, 3.8) is 0 Å². The Morgan fingerprint density at radius 1 is 1.11 bits per heavy atom. The summed E-state index contributed by atoms with van der Waals surface area (Å²) >= 11 is 0. The largest absolute Gasteiger partial charge is 0.573 e. The molecule has 44 heavy (non-hydrogen) atoms. The van der Waals surface area contributed by atoms with Crippen LogP contribution in [-0.4, -0.2) is 79.3 Å². The number of benzene rings is 2. The van der Waals surface area contributed by atoms with Gasteiger partial charge < -0.3 is 25.2 Å². The number of halogens is 4. The number of hydrogen-bond acceptors (Lipinski definition) is 5. The number of nitrogens with one attached hydrogen (secondary N) is 2. The molecule has 0 unspecified atom stereocenters. The highest BCUT2D eigenvalue weighted by molar-refractivity contribution is 5.91. The van der Waals surface area contributed by atoms with Crippen LogP contribution < -0.4 is 15.4 Å². The molecule has 2 aromatic rings. The number of carbonyl (C=O) groups excluding carboxylic acids is 2. The maximum absolute atomic E-state index is 14.0. The van der Waals surface area contributed by atoms with Gasteiger partial charge in [0.15, 0.2) is 11.6 Å². The van der Waals surface area contributed by atoms with E-state index in [-0.39, 0.29) is 36.0 Å². The van der Waals surface area contributed by atoms with Gasteiger partial charge in [-0.05, 0) is 74.5 Å². The molecule has 0 aromatic heterocycles. The Balaban J connectivity index is 1.37. The predicted molar refractivity (Wildman–Crippen MR) is 161 cm³/mol. The topological polar surface area (TPSA) is 73.9 Å². The second-order valence-electron chi connectivity index (χ2n) is 11.5. The number of amides is 2. The molecule has 4 rings (SSSR count). The van der Waals surface area contributed by atoms with Crippen LogP contribution >= 0.6 is 0 Å². The Bertz CT molecular complexity index is 1250. The highest BCUT2D eigenvalue weighted by atomic mass is 19.4. The summed E-state index contributed by atoms with van der Waals surface area (Å²) in [4.78, 5) is 30.8. The lowest BCUT2D eigenvalue weighted by molar-refractivity contribution is -0.275. The van der Waals surface area contributed by atoms with Crippen molar-refractivity contribution < 1.29 is 31.9 Å². The number of alkyl halides is 3. The van der Waals surface area contributed by atoms with E-state index in [0.717, 1.165) is 38.2 Å². The summed E-state index contributed by atoms with van der Waals surface area (Å²) in [6.07, 6.45) is 3.36. The van der Waals surface area contributed by atoms with Crippen LogP contribution in [0, 0.1) is 5.82 Å². The maximum atomic E-state index is 14.0. The number of ether oxygens (including phenoxy) is 1. The summed E-state index contributed by atoms with van der Waals surface area (Å²) in [5.41, 5.74) is 1.42. The molecule has 0 bridgehead atoms. The molecule has 2 heterocycles. The average Bonchev–Trinajstić information content (AvgIpc) is 3.16. The monoisotopic (exact) mass is 618 g/mol. The fourth-order valence-electron chi connectivity index (χ4n) is 5.87. The zero-order valence-corrected chi connectivity index (χ0v) is 25.1. The quantitative estimate of drug-likeness (QED) is 0.244. The number of hydrogen-bond donors (Lipinski definition) is 2. The van der Waals surface area contributed by atoms with E-state index in [1.54, 1.807) is 0 Å². The van der Waals surface area contributed by atoms with Gasteiger partial charge in [0.1, 0.15) is 0 Å². The van der Waals surface area contributed by atoms with E-state index < -0.39 is 23.8 Å². The molecule has 0 spiro atoms. The Morgan fingerprint density at radius 3 is 2.55 bits per heavy atom. The molecule has 2 saturated heterocycles. The van der Waals surface area contributed by atoms with Gasteiger partial charge in [0.05, 0.1) is 6.04 Å². The van der Waals surface area contributed by atoms with E-state index in [4.69, 9.17) is 0 Å². The fourth-order valence-corrected chi connectivity index (χ4v) is 5.87. The van der Waals surface area contributed by atoms with Crippen LogP contribution in [0.15, 0.2) is 54.6 Å². The zero-order chi connectivity index (χ0) is 31.5. The van der Waals surface area contributed by atoms with E-state index in [0.29, 0.717) is 25.9 Å². The lowest BCUT2D eigenvalue weighted by Crippen LogP contribution is -2.50. The average molecular weight is 619 g/mol. The molecule has 11 heteroatoms. The van der Waals surface area contributed by atoms with Gasteiger partial charge in [-0.2, -0.15) is 0 Å². The number of rotatable bonds is 12. The van der Waals surface area contributed by atoms with Crippen molar-refractivity contribution in [1.29, 1.82) is 0 Å². The van der Waals surface area contributed by atoms with Crippen molar-refractivity contribution >= 4 is 17.9 Å². The lowest BCUT2D eigenvalue weighted by Gasteiger charge is -2.31. The molecule has 2 N–H and O–H groups in total. The minimum atomic E-state index is -5.00. The van der Waals surface area contributed by atoms with Crippen molar-refractivity contribution in [3.8, 4) is 5.75 Å². The minimum absolute atomic E-state index is 0.0880. The number of nitrogens with zero attached hydrogens (tertiary/aromatic N) is 2. The molecule has 2 aromatic carbocycles. The van der Waals surface area contributed by atoms with Crippen LogP contribution in [-0.2, 0) is 9.59 Å². The third-order valence-electron chi connectivity index (χ3n) is 8.31. The van der Waals surface area contributed by atoms with Crippen LogP contribution in [0.25, 0.3) is 6.08 Å². The van der Waals surface area contributed by atoms with E-state index in [9.17, 15) is 27.2 Å². The van der Waals surface area contributed by atoms with E-state index >= 15 is 0 Å². The molecule has 3 atom stereocenters. The van der Waals surface area contributed by atoms with Gasteiger partial charge in [0, 0.05) is 44.2 Å². The maximum Gasteiger partial charge on any atom is 0.573 e. The number of carbonyl (C=O) groups is 2. The molecule has 7 nitrogen and oxygen atoms in total. The van der Waals surface area contributed by atoms with Crippen LogP contribution in [0.2, 0.25) is 0 Å². The normalized spacial score (nSPS) is 20.8. The van der Waals surface area contributed by atoms with Crippen molar-refractivity contribution in [2.75, 3.05) is 39.3 Å². The summed E-state index contributed by atoms with van der Waals surface area (Å²) in [6.45, 7) is 6.54. The molecule has 2 fully saturated rings. The Hall–Kier alpha value is -3.44. The van der Waals surface area contributed by atoms with Gasteiger partial charge in [0.25, 0.3) is 0 Å². The lowest BCUT2D eigenvalue weighted by atomic mass is 9.95. The molecule has 2 aliphatic rings. The predicted octanol–water partition coefficient (Wildman–Crippen LogP) is 5.48. The van der Waals surface area contributed by atoms with Crippen molar-refractivity contribution in [1.82, 2.24) is 20.4 Å². The highest BCUT2D eigenvalue weighted by Gasteiger charge is 2.33. The Morgan fingerprint density at radius 2 is 1.86 bits per heavy atom. The number of piperidine rings is 1. The second-order valence-corrected chi connectivity index (χ2v) is 11.5. The van der Waals surface area contributed by atoms with E-state index in [2.05, 4.69) is 39.3 Å². The first-order valence-electron chi connectivity index (χ1n) is 15.4. The number of likely N-dealkylation sites (tertiary alicyclic amines) is 1. The Kier molecular flexibility index (Phi) is 12.2. The second kappa shape index (κ2) is 16.0. The van der Waals surface area contributed by atoms with E-state index in [1.165, 1.54) is 43.0 Å². The van der Waals surface area contributed by atoms with E-state index in [1.807, 2.05) is 23.1 Å². The molecule has 240 valence electrons. The Labute approximate surface area is 256 Å². The zero-order valence-electron chi connectivity index (χ0n) is 25.1. The molecular weight excluding hydrogens is 576 g/mol. The first kappa shape index (κ1) is 33.5. The summed E-state index contributed by atoms with van der Waals surface area (Å²) in [5.74, 6) is -2.25. The molecule has 2 aliphatic heterocycles. The standard InChI is InChI=1S/C33H42F4N4O3/c1-2-25(26-9-5-3-6-10-26)23-41-20-15-27(39-29(32(41)43)16-19-40-17-7-4-8-18-40)22-38-31(42)14-12-24-11-13-30(28(34)21-24)44-33(35,36)37/h3,5-6,9-14,21,25,27,29,39H,2,4,7-8,15-20,22-23H2,1H3,(H,38,42)/b14-12+/t25-,27-,29-/m1/s1. The highest BCUT2D eigenvalue weighted by Crippen LogP contribution is 2.26. The summed E-state index contributed by atoms with van der Waals surface area (Å²) in [5, 5.41) is 6.36. The van der Waals surface area contributed by atoms with Crippen LogP contribution in [0.1, 0.15) is 62.5 Å². The first-order valence-corrected chi connectivity index (χ1v) is 15.4. The molecule has 0 radical (unpaired) electrons. The molecular formula is C33H42F4N4O3. The molecule has 0 aliphatic carbocycles. The van der Waals surface area contributed by atoms with Gasteiger partial charge in [-0.15, -0.1) is 13.2 Å². The first-order chi connectivity index (χ1) is 21.1. The SMILES string of the molecule is CC[C@H](CN1CC[C@H](CNC(=O)/C=C/c2ccc(OC(F)(F)F)c(F)c2)N[C@H](CCN2CCCCC2)C1=O)c1ccccc1. The third-order valence-corrected chi connectivity index (χ3v) is 8.31. The molecule has 0 saturated carbocycles. The van der Waals surface area contributed by atoms with Crippen molar-refractivity contribution in [3.05, 3.63) is 71.6 Å². The van der Waals surface area contributed by atoms with Crippen LogP contribution in [0.4, 0.5) is 17.6 Å². The summed E-state index contributed by atoms with van der Waals surface area (Å²) in [6, 6.07) is 12.7. The summed E-state index contributed by atoms with van der Waals surface area (Å²) < 4.78 is 54.8. The smallest absolute Gasteiger partial charge is 0.403 e. The minimum Gasteiger partial charge on any atom is -0.403 e. The van der Waals surface area contributed by atoms with Gasteiger partial charge in [-0.3, -0.25) is 9.59 Å².